The zero-order valence-electron chi connectivity index (χ0n) is 18.2. The fraction of sp³-hybridized carbons (Fsp3) is 0.280. The number of halogens is 1. The Morgan fingerprint density at radius 1 is 1.03 bits per heavy atom. The quantitative estimate of drug-likeness (QED) is 0.401. The summed E-state index contributed by atoms with van der Waals surface area (Å²) in [6, 6.07) is 12.2. The first-order valence-corrected chi connectivity index (χ1v) is 10.8. The van der Waals surface area contributed by atoms with Crippen LogP contribution in [-0.4, -0.2) is 9.97 Å². The Bertz CT molecular complexity index is 1020. The zero-order valence-corrected chi connectivity index (χ0v) is 19.0. The largest absolute Gasteiger partial charge is 0.308 e. The first-order valence-electron chi connectivity index (χ1n) is 10.4. The predicted octanol–water partition coefficient (Wildman–Crippen LogP) is 8.10. The monoisotopic (exact) mass is 407 g/mol. The van der Waals surface area contributed by atoms with Crippen molar-refractivity contribution < 1.29 is 0 Å². The molecule has 152 valence electrons. The molecule has 0 unspecified atom stereocenters. The van der Waals surface area contributed by atoms with Gasteiger partial charge in [0.2, 0.25) is 0 Å². The van der Waals surface area contributed by atoms with E-state index in [0.717, 1.165) is 40.1 Å². The van der Waals surface area contributed by atoms with E-state index in [1.165, 1.54) is 5.56 Å². The van der Waals surface area contributed by atoms with Crippen LogP contribution < -0.4 is 4.90 Å². The Morgan fingerprint density at radius 2 is 1.79 bits per heavy atom. The lowest BCUT2D eigenvalue weighted by molar-refractivity contribution is 1.12. The Morgan fingerprint density at radius 3 is 2.48 bits per heavy atom. The van der Waals surface area contributed by atoms with Crippen molar-refractivity contribution in [2.45, 2.75) is 48.0 Å². The van der Waals surface area contributed by atoms with Gasteiger partial charge in [0.15, 0.2) is 0 Å². The summed E-state index contributed by atoms with van der Waals surface area (Å²) >= 11 is 6.19. The van der Waals surface area contributed by atoms with Crippen molar-refractivity contribution >= 4 is 40.1 Å². The summed E-state index contributed by atoms with van der Waals surface area (Å²) < 4.78 is 0. The van der Waals surface area contributed by atoms with Crippen molar-refractivity contribution in [2.75, 3.05) is 4.90 Å². The summed E-state index contributed by atoms with van der Waals surface area (Å²) in [4.78, 5) is 11.4. The molecule has 0 radical (unpaired) electrons. The number of aryl methyl sites for hydroxylation is 1. The van der Waals surface area contributed by atoms with Crippen LogP contribution in [0.4, 0.5) is 11.4 Å². The molecule has 0 fully saturated rings. The standard InChI is InChI=1S/C21H18ClN3.2C2H6/c1-3-5-16-9-8-15-13-23-18-10-11-19(22)24-20(18)21(15)25(16)17-7-4-6-14(2)12-17;2*1-2/h4-13H,3H2,1-2H3;2*1-2H3/b16-5-;;. The number of nitrogens with zero attached hydrogens (tertiary/aromatic N) is 3. The van der Waals surface area contributed by atoms with Gasteiger partial charge in [-0.25, -0.2) is 4.98 Å². The van der Waals surface area contributed by atoms with E-state index in [0.29, 0.717) is 5.15 Å². The highest BCUT2D eigenvalue weighted by Crippen LogP contribution is 2.41. The Balaban J connectivity index is 0.000000707. The van der Waals surface area contributed by atoms with Gasteiger partial charge in [0.25, 0.3) is 0 Å². The summed E-state index contributed by atoms with van der Waals surface area (Å²) in [5.41, 5.74) is 7.19. The number of anilines is 2. The fourth-order valence-corrected chi connectivity index (χ4v) is 3.34. The van der Waals surface area contributed by atoms with Crippen LogP contribution in [0.1, 0.15) is 52.2 Å². The highest BCUT2D eigenvalue weighted by Gasteiger charge is 2.23. The maximum Gasteiger partial charge on any atom is 0.130 e. The highest BCUT2D eigenvalue weighted by molar-refractivity contribution is 6.29. The third kappa shape index (κ3) is 4.86. The minimum atomic E-state index is 0.475. The van der Waals surface area contributed by atoms with Crippen LogP contribution in [0.15, 0.2) is 60.4 Å². The number of benzene rings is 1. The molecule has 3 heterocycles. The molecule has 3 nitrogen and oxygen atoms in total. The number of aromatic nitrogens is 2. The van der Waals surface area contributed by atoms with E-state index >= 15 is 0 Å². The van der Waals surface area contributed by atoms with Crippen LogP contribution in [0.2, 0.25) is 5.15 Å². The Labute approximate surface area is 179 Å². The second-order valence-electron chi connectivity index (χ2n) is 6.11. The first-order chi connectivity index (χ1) is 14.2. The molecule has 0 N–H and O–H groups in total. The normalized spacial score (nSPS) is 13.3. The predicted molar refractivity (Wildman–Crippen MR) is 128 cm³/mol. The van der Waals surface area contributed by atoms with Crippen LogP contribution in [0.3, 0.4) is 0 Å². The number of pyridine rings is 2. The Hall–Kier alpha value is -2.65. The number of hydrogen-bond acceptors (Lipinski definition) is 3. The number of allylic oxidation sites excluding steroid dienone is 2. The van der Waals surface area contributed by atoms with E-state index in [-0.39, 0.29) is 0 Å². The molecule has 1 aliphatic rings. The van der Waals surface area contributed by atoms with Gasteiger partial charge in [-0.2, -0.15) is 0 Å². The van der Waals surface area contributed by atoms with Crippen LogP contribution >= 0.6 is 11.6 Å². The van der Waals surface area contributed by atoms with Gasteiger partial charge in [-0.1, -0.05) is 64.4 Å². The van der Waals surface area contributed by atoms with E-state index in [1.54, 1.807) is 6.07 Å². The second-order valence-corrected chi connectivity index (χ2v) is 6.50. The molecule has 2 aromatic heterocycles. The average molecular weight is 408 g/mol. The molecule has 0 saturated carbocycles. The van der Waals surface area contributed by atoms with Crippen LogP contribution in [-0.2, 0) is 0 Å². The topological polar surface area (TPSA) is 29.0 Å². The van der Waals surface area contributed by atoms with Crippen molar-refractivity contribution in [2.24, 2.45) is 0 Å². The van der Waals surface area contributed by atoms with Crippen molar-refractivity contribution in [3.05, 3.63) is 76.7 Å². The SMILES string of the molecule is CC.CC.CC/C=C1/C=Cc2cnc3ccc(Cl)nc3c2N1c1cccc(C)c1. The summed E-state index contributed by atoms with van der Waals surface area (Å²) in [6.45, 7) is 12.2. The summed E-state index contributed by atoms with van der Waals surface area (Å²) in [7, 11) is 0. The second kappa shape index (κ2) is 10.8. The number of fused-ring (bicyclic) bond motifs is 3. The molecular weight excluding hydrogens is 378 g/mol. The molecular formula is C25H30ClN3. The molecule has 0 aliphatic carbocycles. The minimum absolute atomic E-state index is 0.475. The van der Waals surface area contributed by atoms with Gasteiger partial charge in [0, 0.05) is 23.1 Å². The van der Waals surface area contributed by atoms with E-state index in [1.807, 2.05) is 40.0 Å². The van der Waals surface area contributed by atoms with Crippen molar-refractivity contribution in [3.63, 3.8) is 0 Å². The molecule has 0 spiro atoms. The van der Waals surface area contributed by atoms with E-state index in [2.05, 4.69) is 71.2 Å². The first kappa shape index (κ1) is 22.6. The third-order valence-electron chi connectivity index (χ3n) is 4.27. The maximum atomic E-state index is 6.19. The summed E-state index contributed by atoms with van der Waals surface area (Å²) in [5.74, 6) is 0. The lowest BCUT2D eigenvalue weighted by Gasteiger charge is -2.31. The maximum absolute atomic E-state index is 6.19. The smallest absolute Gasteiger partial charge is 0.130 e. The number of rotatable bonds is 2. The molecule has 0 atom stereocenters. The van der Waals surface area contributed by atoms with E-state index < -0.39 is 0 Å². The van der Waals surface area contributed by atoms with Gasteiger partial charge < -0.3 is 4.90 Å². The van der Waals surface area contributed by atoms with Crippen LogP contribution in [0.25, 0.3) is 17.1 Å². The molecule has 4 heteroatoms. The molecule has 29 heavy (non-hydrogen) atoms. The lowest BCUT2D eigenvalue weighted by atomic mass is 10.0. The highest BCUT2D eigenvalue weighted by atomic mass is 35.5. The lowest BCUT2D eigenvalue weighted by Crippen LogP contribution is -2.19. The molecule has 1 aromatic carbocycles. The Kier molecular flexibility index (Phi) is 8.41. The van der Waals surface area contributed by atoms with Gasteiger partial charge in [-0.15, -0.1) is 0 Å². The molecule has 4 rings (SSSR count). The van der Waals surface area contributed by atoms with Crippen molar-refractivity contribution in [3.8, 4) is 0 Å². The van der Waals surface area contributed by atoms with Crippen molar-refractivity contribution in [1.82, 2.24) is 9.97 Å². The van der Waals surface area contributed by atoms with Gasteiger partial charge in [-0.05, 0) is 55.3 Å². The summed E-state index contributed by atoms with van der Waals surface area (Å²) in [6.07, 6.45) is 9.30. The molecule has 3 aromatic rings. The van der Waals surface area contributed by atoms with Crippen molar-refractivity contribution in [1.29, 1.82) is 0 Å². The zero-order chi connectivity index (χ0) is 21.4. The average Bonchev–Trinajstić information content (AvgIpc) is 2.76. The fourth-order valence-electron chi connectivity index (χ4n) is 3.19. The van der Waals surface area contributed by atoms with Gasteiger partial charge >= 0.3 is 0 Å². The van der Waals surface area contributed by atoms with Crippen LogP contribution in [0, 0.1) is 6.92 Å². The molecule has 1 aliphatic heterocycles. The van der Waals surface area contributed by atoms with Gasteiger partial charge in [0.05, 0.1) is 11.2 Å². The van der Waals surface area contributed by atoms with Crippen LogP contribution in [0.5, 0.6) is 0 Å². The minimum Gasteiger partial charge on any atom is -0.308 e. The van der Waals surface area contributed by atoms with Gasteiger partial charge in [0.1, 0.15) is 10.7 Å². The third-order valence-corrected chi connectivity index (χ3v) is 4.48. The van der Waals surface area contributed by atoms with E-state index in [4.69, 9.17) is 11.6 Å². The molecule has 0 saturated heterocycles. The number of hydrogen-bond donors (Lipinski definition) is 0. The molecule has 0 bridgehead atoms. The van der Waals surface area contributed by atoms with E-state index in [9.17, 15) is 0 Å². The van der Waals surface area contributed by atoms with Gasteiger partial charge in [-0.3, -0.25) is 4.98 Å². The summed E-state index contributed by atoms with van der Waals surface area (Å²) in [5, 5.41) is 0.475. The molecule has 0 amide bonds.